The van der Waals surface area contributed by atoms with Gasteiger partial charge in [0.15, 0.2) is 0 Å². The molecule has 0 saturated carbocycles. The first-order chi connectivity index (χ1) is 5.11. The van der Waals surface area contributed by atoms with Gasteiger partial charge in [0.25, 0.3) is 0 Å². The van der Waals surface area contributed by atoms with Crippen LogP contribution in [0.5, 0.6) is 0 Å². The number of carbonyl (C=O) groups is 1. The molecule has 1 heterocycles. The van der Waals surface area contributed by atoms with Crippen LogP contribution in [0, 0.1) is 0 Å². The third kappa shape index (κ3) is 2.55. The van der Waals surface area contributed by atoms with Crippen LogP contribution in [-0.2, 0) is 9.53 Å². The van der Waals surface area contributed by atoms with Crippen LogP contribution in [0.3, 0.4) is 0 Å². The summed E-state index contributed by atoms with van der Waals surface area (Å²) in [7, 11) is 0. The van der Waals surface area contributed by atoms with Crippen LogP contribution >= 0.6 is 12.6 Å². The van der Waals surface area contributed by atoms with Gasteiger partial charge >= 0.3 is 5.97 Å². The van der Waals surface area contributed by atoms with Crippen molar-refractivity contribution in [3.05, 3.63) is 12.2 Å². The van der Waals surface area contributed by atoms with Crippen molar-refractivity contribution in [2.45, 2.75) is 17.8 Å². The molecule has 11 heavy (non-hydrogen) atoms. The number of hydrogen-bond acceptors (Lipinski definition) is 3. The third-order valence-corrected chi connectivity index (χ3v) is 2.09. The average Bonchev–Trinajstić information content (AvgIpc) is 2.69. The fraction of sp³-hybridized carbons (Fsp3) is 0.571. The quantitative estimate of drug-likeness (QED) is 0.375. The van der Waals surface area contributed by atoms with Gasteiger partial charge in [-0.1, -0.05) is 6.58 Å². The summed E-state index contributed by atoms with van der Waals surface area (Å²) in [4.78, 5) is 10.4. The maximum Gasteiger partial charge on any atom is 0.332 e. The zero-order chi connectivity index (χ0) is 8.43. The minimum Gasteiger partial charge on any atom is -0.478 e. The highest BCUT2D eigenvalue weighted by Gasteiger charge is 2.27. The molecule has 1 aliphatic rings. The number of epoxide rings is 1. The summed E-state index contributed by atoms with van der Waals surface area (Å²) < 4.78 is 4.93. The monoisotopic (exact) mass is 174 g/mol. The number of carboxylic acids is 1. The molecule has 1 saturated heterocycles. The first-order valence-corrected chi connectivity index (χ1v) is 3.84. The van der Waals surface area contributed by atoms with Crippen LogP contribution in [0.4, 0.5) is 0 Å². The van der Waals surface area contributed by atoms with E-state index in [1.54, 1.807) is 0 Å². The van der Waals surface area contributed by atoms with Gasteiger partial charge in [0.2, 0.25) is 0 Å². The number of rotatable bonds is 4. The molecule has 1 rings (SSSR count). The summed E-state index contributed by atoms with van der Waals surface area (Å²) in [6.07, 6.45) is 0.849. The molecule has 0 aliphatic carbocycles. The Labute approximate surface area is 70.5 Å². The molecule has 62 valence electrons. The molecule has 0 aromatic carbocycles. The molecular weight excluding hydrogens is 164 g/mol. The van der Waals surface area contributed by atoms with Crippen LogP contribution in [-0.4, -0.2) is 29.0 Å². The molecule has 2 unspecified atom stereocenters. The van der Waals surface area contributed by atoms with Gasteiger partial charge in [-0.2, -0.15) is 12.6 Å². The Bertz CT molecular complexity index is 186. The van der Waals surface area contributed by atoms with Crippen LogP contribution < -0.4 is 0 Å². The second-order valence-electron chi connectivity index (χ2n) is 2.54. The summed E-state index contributed by atoms with van der Waals surface area (Å²) in [5.74, 6) is -0.981. The van der Waals surface area contributed by atoms with Crippen LogP contribution in [0.1, 0.15) is 6.42 Å². The maximum absolute atomic E-state index is 10.4. The van der Waals surface area contributed by atoms with E-state index in [-0.39, 0.29) is 16.9 Å². The first kappa shape index (κ1) is 8.62. The van der Waals surface area contributed by atoms with Gasteiger partial charge in [0.1, 0.15) is 0 Å². The van der Waals surface area contributed by atoms with Crippen LogP contribution in [0.15, 0.2) is 12.2 Å². The molecule has 0 amide bonds. The fourth-order valence-corrected chi connectivity index (χ4v) is 1.08. The summed E-state index contributed by atoms with van der Waals surface area (Å²) in [5, 5.41) is 8.22. The van der Waals surface area contributed by atoms with E-state index in [9.17, 15) is 4.79 Å². The SMILES string of the molecule is C=C(C(=O)O)C(S)CC1CO1. The lowest BCUT2D eigenvalue weighted by Gasteiger charge is -2.06. The van der Waals surface area contributed by atoms with Crippen molar-refractivity contribution in [3.8, 4) is 0 Å². The first-order valence-electron chi connectivity index (χ1n) is 3.33. The lowest BCUT2D eigenvalue weighted by molar-refractivity contribution is -0.132. The topological polar surface area (TPSA) is 49.8 Å². The van der Waals surface area contributed by atoms with E-state index in [0.29, 0.717) is 6.42 Å². The second-order valence-corrected chi connectivity index (χ2v) is 3.16. The Balaban J connectivity index is 2.32. The molecule has 0 aromatic rings. The highest BCUT2D eigenvalue weighted by Crippen LogP contribution is 2.22. The van der Waals surface area contributed by atoms with Gasteiger partial charge in [0.05, 0.1) is 12.7 Å². The van der Waals surface area contributed by atoms with Crippen molar-refractivity contribution >= 4 is 18.6 Å². The number of carboxylic acid groups (broad SMARTS) is 1. The molecule has 1 aliphatic heterocycles. The molecule has 0 spiro atoms. The number of hydrogen-bond donors (Lipinski definition) is 2. The van der Waals surface area contributed by atoms with Crippen LogP contribution in [0.25, 0.3) is 0 Å². The normalized spacial score (nSPS) is 24.3. The smallest absolute Gasteiger partial charge is 0.332 e. The molecule has 0 bridgehead atoms. The summed E-state index contributed by atoms with van der Waals surface area (Å²) in [5.41, 5.74) is 0.142. The summed E-state index contributed by atoms with van der Waals surface area (Å²) >= 11 is 4.08. The second kappa shape index (κ2) is 3.28. The lowest BCUT2D eigenvalue weighted by atomic mass is 10.1. The van der Waals surface area contributed by atoms with Crippen molar-refractivity contribution in [2.24, 2.45) is 0 Å². The average molecular weight is 174 g/mol. The van der Waals surface area contributed by atoms with Crippen molar-refractivity contribution in [3.63, 3.8) is 0 Å². The van der Waals surface area contributed by atoms with E-state index < -0.39 is 5.97 Å². The third-order valence-electron chi connectivity index (χ3n) is 1.57. The van der Waals surface area contributed by atoms with E-state index in [0.717, 1.165) is 6.61 Å². The highest BCUT2D eigenvalue weighted by molar-refractivity contribution is 7.81. The molecule has 0 aromatic heterocycles. The van der Waals surface area contributed by atoms with Crippen LogP contribution in [0.2, 0.25) is 0 Å². The van der Waals surface area contributed by atoms with E-state index in [4.69, 9.17) is 9.84 Å². The molecule has 1 fully saturated rings. The van der Waals surface area contributed by atoms with E-state index >= 15 is 0 Å². The molecule has 2 atom stereocenters. The van der Waals surface area contributed by atoms with Crippen molar-refractivity contribution in [2.75, 3.05) is 6.61 Å². The Hall–Kier alpha value is -0.480. The van der Waals surface area contributed by atoms with Gasteiger partial charge < -0.3 is 9.84 Å². The number of ether oxygens (including phenoxy) is 1. The molecule has 3 nitrogen and oxygen atoms in total. The van der Waals surface area contributed by atoms with Gasteiger partial charge in [-0.25, -0.2) is 4.79 Å². The van der Waals surface area contributed by atoms with Gasteiger partial charge in [-0.05, 0) is 6.42 Å². The zero-order valence-corrected chi connectivity index (χ0v) is 6.88. The van der Waals surface area contributed by atoms with E-state index in [1.807, 2.05) is 0 Å². The van der Waals surface area contributed by atoms with Gasteiger partial charge in [0, 0.05) is 10.8 Å². The number of aliphatic carboxylic acids is 1. The predicted molar refractivity (Wildman–Crippen MR) is 43.9 cm³/mol. The molecule has 0 radical (unpaired) electrons. The Morgan fingerprint density at radius 2 is 2.45 bits per heavy atom. The minimum absolute atomic E-state index is 0.142. The molecule has 1 N–H and O–H groups in total. The lowest BCUT2D eigenvalue weighted by Crippen LogP contribution is -2.13. The van der Waals surface area contributed by atoms with Crippen molar-refractivity contribution in [1.82, 2.24) is 0 Å². The standard InChI is InChI=1S/C7H10O3S/c1-4(7(8)9)6(11)2-5-3-10-5/h5-6,11H,1-3H2,(H,8,9). The Kier molecular flexibility index (Phi) is 2.57. The summed E-state index contributed by atoms with van der Waals surface area (Å²) in [6, 6.07) is 0. The van der Waals surface area contributed by atoms with E-state index in [2.05, 4.69) is 19.2 Å². The van der Waals surface area contributed by atoms with E-state index in [1.165, 1.54) is 0 Å². The Morgan fingerprint density at radius 3 is 2.82 bits per heavy atom. The largest absolute Gasteiger partial charge is 0.478 e. The zero-order valence-electron chi connectivity index (χ0n) is 5.99. The summed E-state index contributed by atoms with van der Waals surface area (Å²) in [6.45, 7) is 4.13. The predicted octanol–water partition coefficient (Wildman–Crippen LogP) is 0.715. The fourth-order valence-electron chi connectivity index (χ4n) is 0.738. The Morgan fingerprint density at radius 1 is 1.91 bits per heavy atom. The minimum atomic E-state index is -0.981. The molecular formula is C7H10O3S. The van der Waals surface area contributed by atoms with Gasteiger partial charge in [-0.3, -0.25) is 0 Å². The van der Waals surface area contributed by atoms with Crippen molar-refractivity contribution in [1.29, 1.82) is 0 Å². The highest BCUT2D eigenvalue weighted by atomic mass is 32.1. The van der Waals surface area contributed by atoms with Gasteiger partial charge in [-0.15, -0.1) is 0 Å². The van der Waals surface area contributed by atoms with Crippen molar-refractivity contribution < 1.29 is 14.6 Å². The number of thiol groups is 1. The molecule has 4 heteroatoms. The maximum atomic E-state index is 10.4.